The average molecular weight is 233 g/mol. The van der Waals surface area contributed by atoms with Gasteiger partial charge in [-0.2, -0.15) is 0 Å². The Labute approximate surface area is 98.4 Å². The zero-order chi connectivity index (χ0) is 12.7. The van der Waals surface area contributed by atoms with Crippen LogP contribution in [0, 0.1) is 12.3 Å². The molecule has 0 bridgehead atoms. The minimum Gasteiger partial charge on any atom is -0.480 e. The molecule has 5 nitrogen and oxygen atoms in total. The molecule has 1 amide bonds. The summed E-state index contributed by atoms with van der Waals surface area (Å²) in [4.78, 5) is 21.5. The van der Waals surface area contributed by atoms with Crippen molar-refractivity contribution in [1.82, 2.24) is 0 Å². The van der Waals surface area contributed by atoms with E-state index in [-0.39, 0.29) is 6.61 Å². The van der Waals surface area contributed by atoms with Crippen molar-refractivity contribution in [3.63, 3.8) is 0 Å². The number of terminal acetylenes is 1. The summed E-state index contributed by atoms with van der Waals surface area (Å²) in [5, 5.41) is 10.9. The van der Waals surface area contributed by atoms with Crippen LogP contribution >= 0.6 is 0 Å². The lowest BCUT2D eigenvalue weighted by molar-refractivity contribution is -0.143. The first-order valence-corrected chi connectivity index (χ1v) is 4.78. The first-order valence-electron chi connectivity index (χ1n) is 4.78. The number of hydrogen-bond acceptors (Lipinski definition) is 3. The van der Waals surface area contributed by atoms with E-state index in [1.807, 2.05) is 0 Å². The number of rotatable bonds is 5. The zero-order valence-electron chi connectivity index (χ0n) is 8.97. The van der Waals surface area contributed by atoms with Crippen LogP contribution in [0.5, 0.6) is 0 Å². The minimum absolute atomic E-state index is 0.328. The van der Waals surface area contributed by atoms with Gasteiger partial charge in [0.15, 0.2) is 0 Å². The molecule has 0 spiro atoms. The molecule has 0 atom stereocenters. The molecular weight excluding hydrogens is 222 g/mol. The number of benzene rings is 1. The maximum Gasteiger partial charge on any atom is 0.329 e. The SMILES string of the molecule is C#Cc1ccccc1NC(=O)COCC(=O)O. The zero-order valence-corrected chi connectivity index (χ0v) is 8.97. The molecule has 0 aromatic heterocycles. The van der Waals surface area contributed by atoms with Crippen molar-refractivity contribution in [2.24, 2.45) is 0 Å². The Balaban J connectivity index is 2.51. The van der Waals surface area contributed by atoms with Gasteiger partial charge in [0.05, 0.1) is 5.69 Å². The van der Waals surface area contributed by atoms with E-state index in [2.05, 4.69) is 16.0 Å². The minimum atomic E-state index is -1.12. The highest BCUT2D eigenvalue weighted by atomic mass is 16.5. The van der Waals surface area contributed by atoms with Crippen molar-refractivity contribution in [2.75, 3.05) is 18.5 Å². The van der Waals surface area contributed by atoms with Crippen LogP contribution in [0.1, 0.15) is 5.56 Å². The molecule has 0 heterocycles. The molecule has 1 rings (SSSR count). The molecule has 1 aromatic carbocycles. The van der Waals surface area contributed by atoms with E-state index < -0.39 is 18.5 Å². The summed E-state index contributed by atoms with van der Waals surface area (Å²) in [6.07, 6.45) is 5.26. The molecule has 0 saturated heterocycles. The Bertz CT molecular complexity index is 462. The molecule has 0 aliphatic heterocycles. The lowest BCUT2D eigenvalue weighted by Gasteiger charge is -2.06. The van der Waals surface area contributed by atoms with Crippen LogP contribution in [0.15, 0.2) is 24.3 Å². The second-order valence-corrected chi connectivity index (χ2v) is 3.12. The standard InChI is InChI=1S/C12H11NO4/c1-2-9-5-3-4-6-10(9)13-11(14)7-17-8-12(15)16/h1,3-6H,7-8H2,(H,13,14)(H,15,16). The normalized spacial score (nSPS) is 9.35. The Morgan fingerprint density at radius 3 is 2.71 bits per heavy atom. The number of carbonyl (C=O) groups excluding carboxylic acids is 1. The van der Waals surface area contributed by atoms with Crippen LogP contribution in [0.4, 0.5) is 5.69 Å². The van der Waals surface area contributed by atoms with E-state index in [4.69, 9.17) is 11.5 Å². The van der Waals surface area contributed by atoms with Crippen molar-refractivity contribution in [1.29, 1.82) is 0 Å². The Morgan fingerprint density at radius 2 is 2.06 bits per heavy atom. The maximum absolute atomic E-state index is 11.4. The number of carboxylic acids is 1. The summed E-state index contributed by atoms with van der Waals surface area (Å²) in [6.45, 7) is -0.838. The largest absolute Gasteiger partial charge is 0.480 e. The Kier molecular flexibility index (Phi) is 4.73. The second-order valence-electron chi connectivity index (χ2n) is 3.12. The predicted molar refractivity (Wildman–Crippen MR) is 61.5 cm³/mol. The van der Waals surface area contributed by atoms with Gasteiger partial charge < -0.3 is 15.2 Å². The van der Waals surface area contributed by atoms with E-state index in [1.54, 1.807) is 24.3 Å². The quantitative estimate of drug-likeness (QED) is 0.734. The maximum atomic E-state index is 11.4. The predicted octanol–water partition coefficient (Wildman–Crippen LogP) is 0.708. The van der Waals surface area contributed by atoms with Gasteiger partial charge in [0.2, 0.25) is 5.91 Å². The first-order chi connectivity index (χ1) is 8.13. The van der Waals surface area contributed by atoms with Gasteiger partial charge in [-0.15, -0.1) is 6.42 Å². The fraction of sp³-hybridized carbons (Fsp3) is 0.167. The van der Waals surface area contributed by atoms with Crippen LogP contribution in [-0.2, 0) is 14.3 Å². The van der Waals surface area contributed by atoms with Crippen molar-refractivity contribution in [2.45, 2.75) is 0 Å². The Morgan fingerprint density at radius 1 is 1.35 bits per heavy atom. The number of nitrogens with one attached hydrogen (secondary N) is 1. The third-order valence-electron chi connectivity index (χ3n) is 1.82. The van der Waals surface area contributed by atoms with Crippen molar-refractivity contribution < 1.29 is 19.4 Å². The van der Waals surface area contributed by atoms with E-state index in [1.165, 1.54) is 0 Å². The highest BCUT2D eigenvalue weighted by Gasteiger charge is 2.06. The molecule has 0 aliphatic carbocycles. The second kappa shape index (κ2) is 6.30. The van der Waals surface area contributed by atoms with Gasteiger partial charge in [-0.1, -0.05) is 18.1 Å². The van der Waals surface area contributed by atoms with Crippen LogP contribution in [0.3, 0.4) is 0 Å². The van der Waals surface area contributed by atoms with E-state index in [9.17, 15) is 9.59 Å². The van der Waals surface area contributed by atoms with Crippen molar-refractivity contribution >= 4 is 17.6 Å². The summed E-state index contributed by atoms with van der Waals surface area (Å²) in [6, 6.07) is 6.83. The van der Waals surface area contributed by atoms with Crippen LogP contribution < -0.4 is 5.32 Å². The van der Waals surface area contributed by atoms with Crippen LogP contribution in [0.25, 0.3) is 0 Å². The molecule has 0 saturated carbocycles. The third-order valence-corrected chi connectivity index (χ3v) is 1.82. The number of hydrogen-bond donors (Lipinski definition) is 2. The highest BCUT2D eigenvalue weighted by Crippen LogP contribution is 2.12. The topological polar surface area (TPSA) is 75.6 Å². The number of carbonyl (C=O) groups is 2. The molecule has 2 N–H and O–H groups in total. The molecule has 0 unspecified atom stereocenters. The summed E-state index contributed by atoms with van der Waals surface area (Å²) < 4.78 is 4.64. The van der Waals surface area contributed by atoms with Gasteiger partial charge >= 0.3 is 5.97 Å². The smallest absolute Gasteiger partial charge is 0.329 e. The van der Waals surface area contributed by atoms with Gasteiger partial charge in [0.1, 0.15) is 13.2 Å². The van der Waals surface area contributed by atoms with Gasteiger partial charge in [0, 0.05) is 5.56 Å². The molecule has 17 heavy (non-hydrogen) atoms. The van der Waals surface area contributed by atoms with Crippen molar-refractivity contribution in [3.05, 3.63) is 29.8 Å². The van der Waals surface area contributed by atoms with E-state index >= 15 is 0 Å². The number of anilines is 1. The number of aliphatic carboxylic acids is 1. The fourth-order valence-electron chi connectivity index (χ4n) is 1.14. The molecule has 5 heteroatoms. The molecule has 1 aromatic rings. The monoisotopic (exact) mass is 233 g/mol. The highest BCUT2D eigenvalue weighted by molar-refractivity contribution is 5.93. The molecule has 0 fully saturated rings. The van der Waals surface area contributed by atoms with Crippen LogP contribution in [-0.4, -0.2) is 30.2 Å². The van der Waals surface area contributed by atoms with Gasteiger partial charge in [-0.05, 0) is 12.1 Å². The van der Waals surface area contributed by atoms with Crippen LogP contribution in [0.2, 0.25) is 0 Å². The first kappa shape index (κ1) is 12.7. The number of amides is 1. The van der Waals surface area contributed by atoms with Gasteiger partial charge in [-0.3, -0.25) is 4.79 Å². The summed E-state index contributed by atoms with van der Waals surface area (Å²) in [5.74, 6) is 0.852. The lowest BCUT2D eigenvalue weighted by Crippen LogP contribution is -2.21. The molecule has 88 valence electrons. The molecule has 0 aliphatic rings. The molecular formula is C12H11NO4. The molecule has 0 radical (unpaired) electrons. The van der Waals surface area contributed by atoms with E-state index in [0.717, 1.165) is 0 Å². The van der Waals surface area contributed by atoms with Crippen molar-refractivity contribution in [3.8, 4) is 12.3 Å². The average Bonchev–Trinajstić information content (AvgIpc) is 2.29. The number of para-hydroxylation sites is 1. The van der Waals surface area contributed by atoms with Gasteiger partial charge in [-0.25, -0.2) is 4.79 Å². The third kappa shape index (κ3) is 4.36. The number of carboxylic acid groups (broad SMARTS) is 1. The van der Waals surface area contributed by atoms with E-state index in [0.29, 0.717) is 11.3 Å². The van der Waals surface area contributed by atoms with Gasteiger partial charge in [0.25, 0.3) is 0 Å². The summed E-state index contributed by atoms with van der Waals surface area (Å²) in [7, 11) is 0. The number of ether oxygens (including phenoxy) is 1. The lowest BCUT2D eigenvalue weighted by atomic mass is 10.2. The summed E-state index contributed by atoms with van der Waals surface area (Å²) in [5.41, 5.74) is 1.05. The fourth-order valence-corrected chi connectivity index (χ4v) is 1.14. The summed E-state index contributed by atoms with van der Waals surface area (Å²) >= 11 is 0. The Hall–Kier alpha value is -2.32.